The van der Waals surface area contributed by atoms with E-state index < -0.39 is 32.4 Å². The van der Waals surface area contributed by atoms with Crippen LogP contribution in [0, 0.1) is 0 Å². The number of ether oxygens (including phenoxy) is 1. The molecule has 11 heteroatoms. The van der Waals surface area contributed by atoms with Gasteiger partial charge in [-0.1, -0.05) is 39.0 Å². The lowest BCUT2D eigenvalue weighted by Gasteiger charge is -2.40. The number of anilines is 1. The van der Waals surface area contributed by atoms with Crippen molar-refractivity contribution in [2.24, 2.45) is 0 Å². The fraction of sp³-hybridized carbons (Fsp3) is 0.500. The molecule has 1 saturated heterocycles. The van der Waals surface area contributed by atoms with Crippen LogP contribution in [-0.2, 0) is 9.16 Å². The van der Waals surface area contributed by atoms with Crippen molar-refractivity contribution >= 4 is 31.2 Å². The van der Waals surface area contributed by atoms with E-state index in [2.05, 4.69) is 54.1 Å². The van der Waals surface area contributed by atoms with Crippen LogP contribution in [0.15, 0.2) is 43.0 Å². The molecule has 0 bridgehead atoms. The molecule has 0 radical (unpaired) electrons. The zero-order chi connectivity index (χ0) is 25.6. The molecule has 0 aliphatic carbocycles. The van der Waals surface area contributed by atoms with Crippen molar-refractivity contribution in [3.8, 4) is 0 Å². The Morgan fingerprint density at radius 2 is 1.91 bits per heavy atom. The van der Waals surface area contributed by atoms with Gasteiger partial charge in [-0.25, -0.2) is 15.0 Å². The van der Waals surface area contributed by atoms with Crippen LogP contribution in [0.5, 0.6) is 0 Å². The van der Waals surface area contributed by atoms with E-state index in [1.807, 2.05) is 6.07 Å². The third-order valence-corrected chi connectivity index (χ3v) is 11.5. The Hall–Kier alpha value is -2.70. The highest BCUT2D eigenvalue weighted by Gasteiger charge is 2.56. The van der Waals surface area contributed by atoms with E-state index in [1.54, 1.807) is 35.8 Å². The number of nitrogens with zero attached hydrogens (tertiary/aromatic N) is 4. The fourth-order valence-corrected chi connectivity index (χ4v) is 5.08. The molecule has 188 valence electrons. The van der Waals surface area contributed by atoms with Gasteiger partial charge in [-0.15, -0.1) is 0 Å². The number of hydrogen-bond acceptors (Lipinski definition) is 8. The number of benzene rings is 1. The van der Waals surface area contributed by atoms with Gasteiger partial charge in [-0.3, -0.25) is 9.36 Å². The molecule has 3 N–H and O–H groups in total. The number of rotatable bonds is 6. The number of carbonyl (C=O) groups is 1. The summed E-state index contributed by atoms with van der Waals surface area (Å²) in [6.45, 7) is 11.8. The van der Waals surface area contributed by atoms with Gasteiger partial charge in [0.2, 0.25) is 0 Å². The van der Waals surface area contributed by atoms with Crippen molar-refractivity contribution in [2.45, 2.75) is 69.9 Å². The molecule has 2 aromatic heterocycles. The van der Waals surface area contributed by atoms with Crippen molar-refractivity contribution < 1.29 is 24.2 Å². The van der Waals surface area contributed by atoms with Crippen LogP contribution in [0.1, 0.15) is 44.3 Å². The zero-order valence-electron chi connectivity index (χ0n) is 20.9. The number of aliphatic hydroxyl groups is 2. The standard InChI is InChI=1S/C24H33N5O5Si/c1-23(2,3)35(5,6)34-17-18(31)24(4,12-30)33-22(17)29-14-27-16-19(25-13-26-20(16)29)28-21(32)15-10-8-7-9-11-15/h7-11,13-14,17-18,22,30-31H,12H2,1-6H3,(H,25,26,28,32)/t17-,18?,22+,24+/m0/s1. The molecule has 1 amide bonds. The number of amides is 1. The third kappa shape index (κ3) is 4.61. The Morgan fingerprint density at radius 3 is 2.54 bits per heavy atom. The van der Waals surface area contributed by atoms with Crippen molar-refractivity contribution in [3.63, 3.8) is 0 Å². The second-order valence-electron chi connectivity index (χ2n) is 10.6. The average Bonchev–Trinajstić information content (AvgIpc) is 3.34. The van der Waals surface area contributed by atoms with E-state index >= 15 is 0 Å². The van der Waals surface area contributed by atoms with Crippen LogP contribution >= 0.6 is 0 Å². The van der Waals surface area contributed by atoms with Gasteiger partial charge in [0.1, 0.15) is 24.1 Å². The van der Waals surface area contributed by atoms with E-state index in [9.17, 15) is 15.0 Å². The molecule has 35 heavy (non-hydrogen) atoms. The minimum Gasteiger partial charge on any atom is -0.407 e. The summed E-state index contributed by atoms with van der Waals surface area (Å²) in [7, 11) is -2.32. The molecule has 1 aliphatic rings. The summed E-state index contributed by atoms with van der Waals surface area (Å²) in [5.74, 6) is -0.0624. The van der Waals surface area contributed by atoms with Gasteiger partial charge in [-0.2, -0.15) is 0 Å². The lowest BCUT2D eigenvalue weighted by Crippen LogP contribution is -2.51. The van der Waals surface area contributed by atoms with Crippen molar-refractivity contribution in [3.05, 3.63) is 48.5 Å². The summed E-state index contributed by atoms with van der Waals surface area (Å²) >= 11 is 0. The number of carbonyl (C=O) groups excluding carboxylic acids is 1. The van der Waals surface area contributed by atoms with Gasteiger partial charge < -0.3 is 24.7 Å². The van der Waals surface area contributed by atoms with Crippen molar-refractivity contribution in [1.29, 1.82) is 0 Å². The first kappa shape index (κ1) is 25.4. The monoisotopic (exact) mass is 499 g/mol. The number of aliphatic hydroxyl groups excluding tert-OH is 2. The molecule has 1 aromatic carbocycles. The van der Waals surface area contributed by atoms with Crippen LogP contribution < -0.4 is 5.32 Å². The number of imidazole rings is 1. The predicted molar refractivity (Wildman–Crippen MR) is 133 cm³/mol. The number of fused-ring (bicyclic) bond motifs is 1. The molecule has 1 aliphatic heterocycles. The lowest BCUT2D eigenvalue weighted by molar-refractivity contribution is -0.115. The van der Waals surface area contributed by atoms with Gasteiger partial charge >= 0.3 is 0 Å². The van der Waals surface area contributed by atoms with Crippen LogP contribution in [0.3, 0.4) is 0 Å². The van der Waals surface area contributed by atoms with Gasteiger partial charge in [-0.05, 0) is 37.2 Å². The Labute approximate surface area is 205 Å². The highest BCUT2D eigenvalue weighted by Crippen LogP contribution is 2.45. The van der Waals surface area contributed by atoms with E-state index in [0.29, 0.717) is 16.7 Å². The largest absolute Gasteiger partial charge is 0.407 e. The van der Waals surface area contributed by atoms with Crippen molar-refractivity contribution in [2.75, 3.05) is 11.9 Å². The van der Waals surface area contributed by atoms with Gasteiger partial charge in [0.25, 0.3) is 5.91 Å². The van der Waals surface area contributed by atoms with Crippen molar-refractivity contribution in [1.82, 2.24) is 19.5 Å². The van der Waals surface area contributed by atoms with Gasteiger partial charge in [0, 0.05) is 5.56 Å². The molecule has 0 saturated carbocycles. The summed E-state index contributed by atoms with van der Waals surface area (Å²) in [5.41, 5.74) is 0.0405. The predicted octanol–water partition coefficient (Wildman–Crippen LogP) is 3.11. The van der Waals surface area contributed by atoms with Crippen LogP contribution in [0.4, 0.5) is 5.82 Å². The van der Waals surface area contributed by atoms with E-state index in [0.717, 1.165) is 0 Å². The maximum Gasteiger partial charge on any atom is 0.256 e. The quantitative estimate of drug-likeness (QED) is 0.441. The maximum atomic E-state index is 12.7. The molecule has 1 unspecified atom stereocenters. The first-order chi connectivity index (χ1) is 16.4. The first-order valence-electron chi connectivity index (χ1n) is 11.6. The summed E-state index contributed by atoms with van der Waals surface area (Å²) in [4.78, 5) is 25.7. The van der Waals surface area contributed by atoms with Crippen LogP contribution in [-0.4, -0.2) is 68.4 Å². The third-order valence-electron chi connectivity index (χ3n) is 7.06. The van der Waals surface area contributed by atoms with E-state index in [-0.39, 0.29) is 23.4 Å². The SMILES string of the molecule is CC(C)(C)[Si](C)(C)O[C@H]1C(O)[C@@](C)(CO)O[C@H]1n1cnc2c(NC(=O)c3ccccc3)ncnc21. The zero-order valence-corrected chi connectivity index (χ0v) is 21.9. The second-order valence-corrected chi connectivity index (χ2v) is 15.4. The summed E-state index contributed by atoms with van der Waals surface area (Å²) in [6, 6.07) is 8.81. The summed E-state index contributed by atoms with van der Waals surface area (Å²) in [5, 5.41) is 23.9. The molecule has 10 nitrogen and oxygen atoms in total. The summed E-state index contributed by atoms with van der Waals surface area (Å²) in [6.07, 6.45) is 0.223. The average molecular weight is 500 g/mol. The minimum absolute atomic E-state index is 0.108. The topological polar surface area (TPSA) is 132 Å². The normalized spacial score (nSPS) is 25.2. The minimum atomic E-state index is -2.32. The highest BCUT2D eigenvalue weighted by atomic mass is 28.4. The molecule has 3 aromatic rings. The number of hydrogen-bond donors (Lipinski definition) is 3. The number of nitrogens with one attached hydrogen (secondary N) is 1. The molecular formula is C24H33N5O5Si. The highest BCUT2D eigenvalue weighted by molar-refractivity contribution is 6.74. The molecular weight excluding hydrogens is 466 g/mol. The number of aromatic nitrogens is 4. The molecule has 1 fully saturated rings. The molecule has 4 atom stereocenters. The van der Waals surface area contributed by atoms with Crippen LogP contribution in [0.25, 0.3) is 11.2 Å². The van der Waals surface area contributed by atoms with Crippen LogP contribution in [0.2, 0.25) is 18.1 Å². The maximum absolute atomic E-state index is 12.7. The Kier molecular flexibility index (Phi) is 6.58. The molecule has 4 rings (SSSR count). The smallest absolute Gasteiger partial charge is 0.256 e. The van der Waals surface area contributed by atoms with E-state index in [4.69, 9.17) is 9.16 Å². The van der Waals surface area contributed by atoms with E-state index in [1.165, 1.54) is 12.7 Å². The molecule has 0 spiro atoms. The fourth-order valence-electron chi connectivity index (χ4n) is 3.80. The molecule has 3 heterocycles. The summed E-state index contributed by atoms with van der Waals surface area (Å²) < 4.78 is 14.5. The lowest BCUT2D eigenvalue weighted by atomic mass is 9.99. The Bertz CT molecular complexity index is 1210. The second kappa shape index (κ2) is 9.06. The first-order valence-corrected chi connectivity index (χ1v) is 14.5. The van der Waals surface area contributed by atoms with Gasteiger partial charge in [0.05, 0.1) is 12.9 Å². The van der Waals surface area contributed by atoms with Gasteiger partial charge in [0.15, 0.2) is 31.5 Å². The Morgan fingerprint density at radius 1 is 1.23 bits per heavy atom. The Balaban J connectivity index is 1.71.